The molecule has 7 aromatic carbocycles. The molecule has 0 saturated heterocycles. The van der Waals surface area contributed by atoms with E-state index >= 15 is 0 Å². The Morgan fingerprint density at radius 1 is 0.294 bits per heavy atom. The molecule has 0 saturated carbocycles. The van der Waals surface area contributed by atoms with E-state index in [9.17, 15) is 0 Å². The summed E-state index contributed by atoms with van der Waals surface area (Å²) in [6.45, 7) is 0. The number of aromatic nitrogens is 3. The molecule has 0 atom stereocenters. The molecule has 6 heteroatoms. The van der Waals surface area contributed by atoms with Crippen LogP contribution in [0.2, 0.25) is 0 Å². The van der Waals surface area contributed by atoms with Gasteiger partial charge in [-0.05, 0) is 59.7 Å². The maximum atomic E-state index is 6.35. The van der Waals surface area contributed by atoms with Crippen LogP contribution in [0.4, 0.5) is 0 Å². The lowest BCUT2D eigenvalue weighted by molar-refractivity contribution is 0.664. The first-order chi connectivity index (χ1) is 25.2. The summed E-state index contributed by atoms with van der Waals surface area (Å²) in [7, 11) is 0. The lowest BCUT2D eigenvalue weighted by atomic mass is 10.00. The summed E-state index contributed by atoms with van der Waals surface area (Å²) in [6.07, 6.45) is 0. The summed E-state index contributed by atoms with van der Waals surface area (Å²) in [5.41, 5.74) is 9.80. The van der Waals surface area contributed by atoms with Crippen LogP contribution in [0.15, 0.2) is 165 Å². The van der Waals surface area contributed by atoms with Gasteiger partial charge in [0, 0.05) is 49.0 Å². The molecule has 0 amide bonds. The minimum atomic E-state index is 0.588. The molecular formula is C45H25N3O3. The lowest BCUT2D eigenvalue weighted by Crippen LogP contribution is -2.00. The number of fused-ring (bicyclic) bond motifs is 9. The van der Waals surface area contributed by atoms with Crippen LogP contribution in [-0.2, 0) is 0 Å². The first-order valence-corrected chi connectivity index (χ1v) is 16.8. The molecule has 6 nitrogen and oxygen atoms in total. The van der Waals surface area contributed by atoms with Gasteiger partial charge in [-0.3, -0.25) is 0 Å². The van der Waals surface area contributed by atoms with E-state index in [-0.39, 0.29) is 0 Å². The van der Waals surface area contributed by atoms with Crippen molar-refractivity contribution in [3.63, 3.8) is 0 Å². The van der Waals surface area contributed by atoms with Crippen molar-refractivity contribution in [2.45, 2.75) is 0 Å². The van der Waals surface area contributed by atoms with Crippen molar-refractivity contribution in [2.75, 3.05) is 0 Å². The van der Waals surface area contributed by atoms with Crippen molar-refractivity contribution in [3.05, 3.63) is 152 Å². The Kier molecular flexibility index (Phi) is 5.86. The molecule has 11 rings (SSSR count). The maximum Gasteiger partial charge on any atom is 0.164 e. The predicted octanol–water partition coefficient (Wildman–Crippen LogP) is 12.2. The smallest absolute Gasteiger partial charge is 0.164 e. The van der Waals surface area contributed by atoms with E-state index in [0.717, 1.165) is 93.6 Å². The number of benzene rings is 7. The first kappa shape index (κ1) is 27.9. The summed E-state index contributed by atoms with van der Waals surface area (Å²) < 4.78 is 18.8. The van der Waals surface area contributed by atoms with Crippen LogP contribution >= 0.6 is 0 Å². The molecule has 0 fully saturated rings. The molecule has 0 spiro atoms. The molecule has 4 heterocycles. The highest BCUT2D eigenvalue weighted by atomic mass is 16.3. The topological polar surface area (TPSA) is 78.1 Å². The summed E-state index contributed by atoms with van der Waals surface area (Å²) in [5, 5.41) is 6.19. The van der Waals surface area contributed by atoms with Crippen LogP contribution in [-0.4, -0.2) is 15.0 Å². The Hall–Kier alpha value is -7.05. The summed E-state index contributed by atoms with van der Waals surface area (Å²) in [6, 6.07) is 51.1. The van der Waals surface area contributed by atoms with Crippen molar-refractivity contribution in [1.29, 1.82) is 0 Å². The minimum absolute atomic E-state index is 0.588. The van der Waals surface area contributed by atoms with Gasteiger partial charge in [0.15, 0.2) is 17.5 Å². The number of rotatable bonds is 4. The molecule has 11 aromatic rings. The molecule has 0 aliphatic heterocycles. The molecule has 238 valence electrons. The minimum Gasteiger partial charge on any atom is -0.456 e. The fourth-order valence-corrected chi connectivity index (χ4v) is 7.31. The summed E-state index contributed by atoms with van der Waals surface area (Å²) >= 11 is 0. The van der Waals surface area contributed by atoms with Gasteiger partial charge in [-0.2, -0.15) is 0 Å². The molecular weight excluding hydrogens is 631 g/mol. The van der Waals surface area contributed by atoms with Crippen molar-refractivity contribution in [3.8, 4) is 45.3 Å². The third kappa shape index (κ3) is 4.40. The van der Waals surface area contributed by atoms with E-state index in [1.807, 2.05) is 84.9 Å². The van der Waals surface area contributed by atoms with E-state index in [4.69, 9.17) is 28.2 Å². The van der Waals surface area contributed by atoms with Gasteiger partial charge in [0.25, 0.3) is 0 Å². The Morgan fingerprint density at radius 2 is 0.824 bits per heavy atom. The van der Waals surface area contributed by atoms with E-state index < -0.39 is 0 Å². The van der Waals surface area contributed by atoms with Gasteiger partial charge in [-0.25, -0.2) is 15.0 Å². The molecule has 0 bridgehead atoms. The number of para-hydroxylation sites is 2. The van der Waals surface area contributed by atoms with Crippen LogP contribution < -0.4 is 0 Å². The number of nitrogens with zero attached hydrogens (tertiary/aromatic N) is 3. The average molecular weight is 656 g/mol. The fourth-order valence-electron chi connectivity index (χ4n) is 7.31. The van der Waals surface area contributed by atoms with Crippen molar-refractivity contribution in [2.24, 2.45) is 0 Å². The maximum absolute atomic E-state index is 6.35. The normalized spacial score (nSPS) is 11.9. The van der Waals surface area contributed by atoms with Crippen LogP contribution in [0.5, 0.6) is 0 Å². The van der Waals surface area contributed by atoms with Gasteiger partial charge in [-0.15, -0.1) is 0 Å². The first-order valence-electron chi connectivity index (χ1n) is 16.8. The summed E-state index contributed by atoms with van der Waals surface area (Å²) in [4.78, 5) is 15.2. The van der Waals surface area contributed by atoms with E-state index in [2.05, 4.69) is 66.7 Å². The van der Waals surface area contributed by atoms with Crippen molar-refractivity contribution < 1.29 is 13.3 Å². The molecule has 0 aliphatic rings. The van der Waals surface area contributed by atoms with E-state index in [1.54, 1.807) is 0 Å². The second-order valence-corrected chi connectivity index (χ2v) is 12.8. The van der Waals surface area contributed by atoms with Gasteiger partial charge >= 0.3 is 0 Å². The zero-order valence-electron chi connectivity index (χ0n) is 27.0. The highest BCUT2D eigenvalue weighted by molar-refractivity contribution is 6.15. The quantitative estimate of drug-likeness (QED) is 0.188. The monoisotopic (exact) mass is 655 g/mol. The standard InChI is InChI=1S/C45H25N3O3/c1-2-10-26(11-3-1)43-46-44(48-45(47-43)32-16-9-19-39-42(32)31-15-5-7-18-37(31)49-39)29-13-8-12-27(22-29)28-20-21-38-33(23-28)35-25-40-34(24-41(35)51-38)30-14-4-6-17-36(30)50-40/h1-25H. The summed E-state index contributed by atoms with van der Waals surface area (Å²) in [5.74, 6) is 1.78. The Bertz CT molecular complexity index is 3150. The predicted molar refractivity (Wildman–Crippen MR) is 203 cm³/mol. The molecule has 0 aliphatic carbocycles. The molecule has 0 radical (unpaired) electrons. The second-order valence-electron chi connectivity index (χ2n) is 12.8. The molecule has 0 unspecified atom stereocenters. The van der Waals surface area contributed by atoms with Gasteiger partial charge in [0.05, 0.1) is 0 Å². The van der Waals surface area contributed by atoms with Gasteiger partial charge < -0.3 is 13.3 Å². The van der Waals surface area contributed by atoms with Crippen LogP contribution in [0.1, 0.15) is 0 Å². The Balaban J connectivity index is 1.07. The van der Waals surface area contributed by atoms with E-state index in [0.29, 0.717) is 17.5 Å². The highest BCUT2D eigenvalue weighted by Gasteiger charge is 2.19. The Labute approximate surface area is 290 Å². The third-order valence-corrected chi connectivity index (χ3v) is 9.73. The highest BCUT2D eigenvalue weighted by Crippen LogP contribution is 2.39. The SMILES string of the molecule is c1ccc(-c2nc(-c3cccc(-c4ccc5oc6cc7c(cc6c5c4)oc4ccccc47)c3)nc(-c3cccc4oc5ccccc5c34)n2)cc1. The zero-order chi connectivity index (χ0) is 33.5. The van der Waals surface area contributed by atoms with Crippen LogP contribution in [0.3, 0.4) is 0 Å². The number of furan rings is 3. The Morgan fingerprint density at radius 3 is 1.65 bits per heavy atom. The second kappa shape index (κ2) is 10.7. The fraction of sp³-hybridized carbons (Fsp3) is 0. The van der Waals surface area contributed by atoms with Gasteiger partial charge in [-0.1, -0.05) is 103 Å². The molecule has 4 aromatic heterocycles. The number of hydrogen-bond donors (Lipinski definition) is 0. The van der Waals surface area contributed by atoms with Gasteiger partial charge in [0.2, 0.25) is 0 Å². The zero-order valence-corrected chi connectivity index (χ0v) is 27.0. The number of hydrogen-bond acceptors (Lipinski definition) is 6. The average Bonchev–Trinajstić information content (AvgIpc) is 3.87. The van der Waals surface area contributed by atoms with Crippen LogP contribution in [0.25, 0.3) is 111 Å². The molecule has 51 heavy (non-hydrogen) atoms. The van der Waals surface area contributed by atoms with Crippen molar-refractivity contribution >= 4 is 65.8 Å². The van der Waals surface area contributed by atoms with Crippen molar-refractivity contribution in [1.82, 2.24) is 15.0 Å². The lowest BCUT2D eigenvalue weighted by Gasteiger charge is -2.10. The van der Waals surface area contributed by atoms with Crippen LogP contribution in [0, 0.1) is 0 Å². The van der Waals surface area contributed by atoms with Gasteiger partial charge in [0.1, 0.15) is 33.5 Å². The van der Waals surface area contributed by atoms with E-state index in [1.165, 1.54) is 0 Å². The third-order valence-electron chi connectivity index (χ3n) is 9.73. The largest absolute Gasteiger partial charge is 0.456 e. The molecule has 0 N–H and O–H groups in total.